The van der Waals surface area contributed by atoms with Crippen molar-refractivity contribution in [1.29, 1.82) is 5.41 Å². The molecule has 7 heteroatoms. The van der Waals surface area contributed by atoms with Gasteiger partial charge in [0.2, 0.25) is 12.2 Å². The first kappa shape index (κ1) is 14.4. The van der Waals surface area contributed by atoms with Gasteiger partial charge in [-0.15, -0.1) is 0 Å². The number of nitrogens with two attached hydrogens (primary N) is 1. The van der Waals surface area contributed by atoms with E-state index in [9.17, 15) is 9.59 Å². The van der Waals surface area contributed by atoms with E-state index in [1.165, 1.54) is 0 Å². The molecule has 0 aliphatic heterocycles. The molecule has 91 valence electrons. The van der Waals surface area contributed by atoms with Gasteiger partial charge in [0, 0.05) is 6.54 Å². The van der Waals surface area contributed by atoms with Gasteiger partial charge in [-0.3, -0.25) is 15.0 Å². The third-order valence-corrected chi connectivity index (χ3v) is 1.80. The normalized spacial score (nSPS) is 11.6. The fourth-order valence-corrected chi connectivity index (χ4v) is 1.10. The quantitative estimate of drug-likeness (QED) is 0.188. The lowest BCUT2D eigenvalue weighted by Crippen LogP contribution is -2.41. The van der Waals surface area contributed by atoms with Crippen LogP contribution in [0.4, 0.5) is 0 Å². The van der Waals surface area contributed by atoms with Crippen molar-refractivity contribution >= 4 is 18.2 Å². The minimum Gasteiger partial charge on any atom is -0.370 e. The van der Waals surface area contributed by atoms with Crippen molar-refractivity contribution in [3.63, 3.8) is 0 Å². The van der Waals surface area contributed by atoms with Crippen LogP contribution in [-0.4, -0.2) is 44.3 Å². The molecule has 0 aromatic carbocycles. The maximum atomic E-state index is 11.1. The lowest BCUT2D eigenvalue weighted by atomic mass is 10.2. The van der Waals surface area contributed by atoms with Crippen molar-refractivity contribution in [3.8, 4) is 0 Å². The van der Waals surface area contributed by atoms with Crippen LogP contribution in [0.25, 0.3) is 0 Å². The molecule has 6 N–H and O–H groups in total. The predicted molar refractivity (Wildman–Crippen MR) is 60.7 cm³/mol. The van der Waals surface area contributed by atoms with E-state index in [0.29, 0.717) is 19.4 Å². The van der Waals surface area contributed by atoms with E-state index in [-0.39, 0.29) is 18.4 Å². The molecule has 1 radical (unpaired) electrons. The molecule has 0 aliphatic carbocycles. The summed E-state index contributed by atoms with van der Waals surface area (Å²) in [5.41, 5.74) is 5.08. The van der Waals surface area contributed by atoms with Gasteiger partial charge in [0.05, 0.1) is 12.6 Å². The summed E-state index contributed by atoms with van der Waals surface area (Å²) in [6.07, 6.45) is 2.85. The Bertz CT molecular complexity index is 244. The van der Waals surface area contributed by atoms with Crippen LogP contribution >= 0.6 is 0 Å². The summed E-state index contributed by atoms with van der Waals surface area (Å²) in [7, 11) is 1.65. The fraction of sp³-hybridized carbons (Fsp3) is 0.667. The third-order valence-electron chi connectivity index (χ3n) is 1.80. The van der Waals surface area contributed by atoms with E-state index in [1.807, 2.05) is 0 Å². The number of rotatable bonds is 8. The predicted octanol–water partition coefficient (Wildman–Crippen LogP) is -1.94. The number of amides is 1. The Balaban J connectivity index is 3.70. The summed E-state index contributed by atoms with van der Waals surface area (Å²) in [4.78, 5) is 21.7. The van der Waals surface area contributed by atoms with Crippen molar-refractivity contribution in [2.75, 3.05) is 20.1 Å². The Morgan fingerprint density at radius 2 is 2.25 bits per heavy atom. The van der Waals surface area contributed by atoms with E-state index in [4.69, 9.17) is 11.1 Å². The van der Waals surface area contributed by atoms with Gasteiger partial charge in [0.25, 0.3) is 0 Å². The maximum Gasteiger partial charge on any atom is 0.234 e. The Morgan fingerprint density at radius 3 is 2.75 bits per heavy atom. The second-order valence-electron chi connectivity index (χ2n) is 3.25. The maximum absolute atomic E-state index is 11.1. The van der Waals surface area contributed by atoms with Crippen molar-refractivity contribution < 1.29 is 9.59 Å². The Morgan fingerprint density at radius 1 is 1.56 bits per heavy atom. The second kappa shape index (κ2) is 8.66. The summed E-state index contributed by atoms with van der Waals surface area (Å²) >= 11 is 0. The first-order chi connectivity index (χ1) is 7.60. The SMILES string of the molecule is CNCC(=O)N[C@H]([C]=O)CCCNC(=N)N. The topological polar surface area (TPSA) is 120 Å². The Kier molecular flexibility index (Phi) is 7.78. The van der Waals surface area contributed by atoms with E-state index in [1.54, 1.807) is 13.3 Å². The number of likely N-dealkylation sites (N-methyl/N-ethyl adjacent to an activating group) is 1. The zero-order chi connectivity index (χ0) is 12.4. The highest BCUT2D eigenvalue weighted by atomic mass is 16.2. The minimum atomic E-state index is -0.602. The molecule has 0 fully saturated rings. The van der Waals surface area contributed by atoms with Gasteiger partial charge in [0.1, 0.15) is 0 Å². The van der Waals surface area contributed by atoms with Gasteiger partial charge >= 0.3 is 0 Å². The van der Waals surface area contributed by atoms with Crippen LogP contribution in [-0.2, 0) is 9.59 Å². The van der Waals surface area contributed by atoms with Crippen LogP contribution in [0.1, 0.15) is 12.8 Å². The minimum absolute atomic E-state index is 0.106. The molecule has 0 aliphatic rings. The molecule has 1 atom stereocenters. The number of carbonyl (C=O) groups excluding carboxylic acids is 2. The van der Waals surface area contributed by atoms with Gasteiger partial charge in [-0.2, -0.15) is 0 Å². The molecule has 16 heavy (non-hydrogen) atoms. The molecule has 0 aromatic heterocycles. The van der Waals surface area contributed by atoms with Crippen LogP contribution in [0.3, 0.4) is 0 Å². The first-order valence-corrected chi connectivity index (χ1v) is 4.99. The summed E-state index contributed by atoms with van der Waals surface area (Å²) in [5, 5.41) is 14.7. The number of carbonyl (C=O) groups is 1. The van der Waals surface area contributed by atoms with E-state index in [0.717, 1.165) is 0 Å². The van der Waals surface area contributed by atoms with Crippen LogP contribution < -0.4 is 21.7 Å². The molecule has 0 unspecified atom stereocenters. The smallest absolute Gasteiger partial charge is 0.234 e. The lowest BCUT2D eigenvalue weighted by Gasteiger charge is -2.11. The van der Waals surface area contributed by atoms with Crippen molar-refractivity contribution in [1.82, 2.24) is 16.0 Å². The highest BCUT2D eigenvalue weighted by Gasteiger charge is 2.10. The second-order valence-corrected chi connectivity index (χ2v) is 3.25. The summed E-state index contributed by atoms with van der Waals surface area (Å²) < 4.78 is 0. The molecule has 0 saturated carbocycles. The average Bonchev–Trinajstić information content (AvgIpc) is 2.22. The highest BCUT2D eigenvalue weighted by molar-refractivity contribution is 5.81. The first-order valence-electron chi connectivity index (χ1n) is 4.99. The number of hydrogen-bond donors (Lipinski definition) is 5. The van der Waals surface area contributed by atoms with Gasteiger partial charge in [-0.25, -0.2) is 0 Å². The van der Waals surface area contributed by atoms with Gasteiger partial charge < -0.3 is 21.7 Å². The van der Waals surface area contributed by atoms with Crippen molar-refractivity contribution in [2.24, 2.45) is 5.73 Å². The third kappa shape index (κ3) is 7.74. The number of guanidine groups is 1. The van der Waals surface area contributed by atoms with Gasteiger partial charge in [-0.1, -0.05) is 0 Å². The number of nitrogens with one attached hydrogen (secondary N) is 4. The van der Waals surface area contributed by atoms with Crippen LogP contribution in [0.5, 0.6) is 0 Å². The molecular formula is C9H18N5O2. The largest absolute Gasteiger partial charge is 0.370 e. The molecular weight excluding hydrogens is 210 g/mol. The van der Waals surface area contributed by atoms with Crippen molar-refractivity contribution in [2.45, 2.75) is 18.9 Å². The van der Waals surface area contributed by atoms with Gasteiger partial charge in [-0.05, 0) is 19.9 Å². The zero-order valence-corrected chi connectivity index (χ0v) is 9.30. The molecule has 7 nitrogen and oxygen atoms in total. The Hall–Kier alpha value is -1.63. The molecule has 0 aromatic rings. The summed E-state index contributed by atoms with van der Waals surface area (Å²) in [6, 6.07) is -0.602. The molecule has 1 amide bonds. The zero-order valence-electron chi connectivity index (χ0n) is 9.30. The van der Waals surface area contributed by atoms with E-state index in [2.05, 4.69) is 16.0 Å². The van der Waals surface area contributed by atoms with E-state index < -0.39 is 6.04 Å². The van der Waals surface area contributed by atoms with E-state index >= 15 is 0 Å². The lowest BCUT2D eigenvalue weighted by molar-refractivity contribution is -0.120. The van der Waals surface area contributed by atoms with Gasteiger partial charge in [0.15, 0.2) is 5.96 Å². The summed E-state index contributed by atoms with van der Waals surface area (Å²) in [5.74, 6) is -0.346. The number of hydrogen-bond acceptors (Lipinski definition) is 4. The van der Waals surface area contributed by atoms with Crippen LogP contribution in [0.15, 0.2) is 0 Å². The van der Waals surface area contributed by atoms with Crippen molar-refractivity contribution in [3.05, 3.63) is 0 Å². The Labute approximate surface area is 94.7 Å². The molecule has 0 spiro atoms. The highest BCUT2D eigenvalue weighted by Crippen LogP contribution is 1.93. The molecule has 0 bridgehead atoms. The standard InChI is InChI=1S/C9H18N5O2/c1-12-5-8(16)14-7(6-15)3-2-4-13-9(10)11/h7,12H,2-5H2,1H3,(H,14,16)(H4,10,11,13)/t7-/m0/s1. The summed E-state index contributed by atoms with van der Waals surface area (Å²) in [6.45, 7) is 0.666. The monoisotopic (exact) mass is 228 g/mol. The molecule has 0 rings (SSSR count). The molecule has 0 saturated heterocycles. The fourth-order valence-electron chi connectivity index (χ4n) is 1.10. The van der Waals surface area contributed by atoms with Crippen LogP contribution in [0.2, 0.25) is 0 Å². The molecule has 0 heterocycles. The average molecular weight is 228 g/mol. The van der Waals surface area contributed by atoms with Crippen LogP contribution in [0, 0.1) is 5.41 Å².